The van der Waals surface area contributed by atoms with Gasteiger partial charge >= 0.3 is 0 Å². The summed E-state index contributed by atoms with van der Waals surface area (Å²) in [5.74, 6) is 1.70. The van der Waals surface area contributed by atoms with E-state index in [1.807, 2.05) is 11.8 Å². The molecule has 0 unspecified atom stereocenters. The van der Waals surface area contributed by atoms with Crippen LogP contribution < -0.4 is 0 Å². The molecule has 0 spiro atoms. The minimum atomic E-state index is -0.522. The van der Waals surface area contributed by atoms with Gasteiger partial charge in [0.1, 0.15) is 0 Å². The average molecular weight is 301 g/mol. The van der Waals surface area contributed by atoms with Crippen molar-refractivity contribution in [3.05, 3.63) is 38.9 Å². The van der Waals surface area contributed by atoms with Crippen LogP contribution in [0.4, 0.5) is 5.69 Å². The normalized spacial score (nSPS) is 15.9. The average Bonchev–Trinajstić information content (AvgIpc) is 2.67. The molecule has 0 N–H and O–H groups in total. The number of hydrogen-bond donors (Lipinski definition) is 0. The molecule has 1 heterocycles. The number of rotatable bonds is 2. The molecule has 5 nitrogen and oxygen atoms in total. The van der Waals surface area contributed by atoms with Crippen LogP contribution in [0.25, 0.3) is 0 Å². The van der Waals surface area contributed by atoms with Crippen molar-refractivity contribution in [3.63, 3.8) is 0 Å². The van der Waals surface area contributed by atoms with E-state index in [0.29, 0.717) is 13.1 Å². The first-order valence-electron chi connectivity index (χ1n) is 5.90. The summed E-state index contributed by atoms with van der Waals surface area (Å²) in [5.41, 5.74) is 0.0970. The second-order valence-electron chi connectivity index (χ2n) is 4.18. The van der Waals surface area contributed by atoms with Crippen LogP contribution in [0.5, 0.6) is 0 Å². The smallest absolute Gasteiger partial charge is 0.270 e. The summed E-state index contributed by atoms with van der Waals surface area (Å²) in [7, 11) is 0. The quantitative estimate of drug-likeness (QED) is 0.622. The third kappa shape index (κ3) is 3.39. The van der Waals surface area contributed by atoms with Crippen molar-refractivity contribution in [3.8, 4) is 0 Å². The molecule has 0 atom stereocenters. The zero-order chi connectivity index (χ0) is 13.8. The molecule has 0 bridgehead atoms. The maximum atomic E-state index is 12.4. The maximum Gasteiger partial charge on any atom is 0.270 e. The third-order valence-electron chi connectivity index (χ3n) is 2.90. The molecule has 1 aromatic carbocycles. The predicted molar refractivity (Wildman–Crippen MR) is 76.0 cm³/mol. The molecule has 19 heavy (non-hydrogen) atoms. The molecule has 0 aromatic heterocycles. The van der Waals surface area contributed by atoms with E-state index in [1.54, 1.807) is 4.90 Å². The molecule has 102 valence electrons. The molecule has 2 rings (SSSR count). The summed E-state index contributed by atoms with van der Waals surface area (Å²) < 4.78 is 0. The molecule has 0 aliphatic carbocycles. The third-order valence-corrected chi connectivity index (χ3v) is 4.28. The fourth-order valence-electron chi connectivity index (χ4n) is 1.91. The second-order valence-corrected chi connectivity index (χ2v) is 5.81. The van der Waals surface area contributed by atoms with Gasteiger partial charge in [0.2, 0.25) is 0 Å². The van der Waals surface area contributed by atoms with E-state index in [1.165, 1.54) is 18.2 Å². The van der Waals surface area contributed by atoms with Gasteiger partial charge in [0, 0.05) is 31.0 Å². The molecular formula is C12H13ClN2O3S. The summed E-state index contributed by atoms with van der Waals surface area (Å²) in [6, 6.07) is 3.96. The Morgan fingerprint density at radius 2 is 2.16 bits per heavy atom. The van der Waals surface area contributed by atoms with Gasteiger partial charge in [-0.1, -0.05) is 11.6 Å². The minimum absolute atomic E-state index is 0.114. The number of benzene rings is 1. The van der Waals surface area contributed by atoms with Crippen molar-refractivity contribution >= 4 is 35.0 Å². The van der Waals surface area contributed by atoms with Gasteiger partial charge in [-0.15, -0.1) is 0 Å². The van der Waals surface area contributed by atoms with Crippen LogP contribution >= 0.6 is 23.4 Å². The highest BCUT2D eigenvalue weighted by Gasteiger charge is 2.22. The minimum Gasteiger partial charge on any atom is -0.338 e. The van der Waals surface area contributed by atoms with Crippen LogP contribution in [-0.2, 0) is 0 Å². The summed E-state index contributed by atoms with van der Waals surface area (Å²) in [6.07, 6.45) is 0.933. The number of thioether (sulfide) groups is 1. The SMILES string of the molecule is O=C(c1cc([N+](=O)[O-])ccc1Cl)N1CCCSCC1. The zero-order valence-electron chi connectivity index (χ0n) is 10.2. The van der Waals surface area contributed by atoms with Gasteiger partial charge in [-0.3, -0.25) is 14.9 Å². The lowest BCUT2D eigenvalue weighted by Gasteiger charge is -2.20. The van der Waals surface area contributed by atoms with Gasteiger partial charge in [-0.05, 0) is 18.2 Å². The van der Waals surface area contributed by atoms with Crippen LogP contribution in [0.1, 0.15) is 16.8 Å². The van der Waals surface area contributed by atoms with Gasteiger partial charge in [-0.2, -0.15) is 11.8 Å². The Balaban J connectivity index is 2.26. The van der Waals surface area contributed by atoms with E-state index in [0.717, 1.165) is 17.9 Å². The van der Waals surface area contributed by atoms with E-state index in [2.05, 4.69) is 0 Å². The van der Waals surface area contributed by atoms with Crippen molar-refractivity contribution in [1.82, 2.24) is 4.90 Å². The molecule has 1 aromatic rings. The van der Waals surface area contributed by atoms with Gasteiger partial charge in [0.15, 0.2) is 0 Å². The highest BCUT2D eigenvalue weighted by atomic mass is 35.5. The molecule has 1 aliphatic rings. The Labute approximate surface area is 120 Å². The molecule has 1 amide bonds. The fraction of sp³-hybridized carbons (Fsp3) is 0.417. The summed E-state index contributed by atoms with van der Waals surface area (Å²) >= 11 is 7.79. The lowest BCUT2D eigenvalue weighted by atomic mass is 10.1. The number of carbonyl (C=O) groups is 1. The summed E-state index contributed by atoms with van der Waals surface area (Å²) in [4.78, 5) is 24.3. The summed E-state index contributed by atoms with van der Waals surface area (Å²) in [6.45, 7) is 1.33. The number of halogens is 1. The molecule has 1 aliphatic heterocycles. The van der Waals surface area contributed by atoms with Gasteiger partial charge < -0.3 is 4.90 Å². The predicted octanol–water partition coefficient (Wildman–Crippen LogP) is 2.83. The first kappa shape index (κ1) is 14.1. The molecule has 7 heteroatoms. The first-order valence-corrected chi connectivity index (χ1v) is 7.44. The van der Waals surface area contributed by atoms with E-state index in [9.17, 15) is 14.9 Å². The van der Waals surface area contributed by atoms with Crippen molar-refractivity contribution in [2.45, 2.75) is 6.42 Å². The van der Waals surface area contributed by atoms with Gasteiger partial charge in [0.25, 0.3) is 11.6 Å². The lowest BCUT2D eigenvalue weighted by molar-refractivity contribution is -0.384. The van der Waals surface area contributed by atoms with Crippen molar-refractivity contribution in [2.24, 2.45) is 0 Å². The van der Waals surface area contributed by atoms with E-state index >= 15 is 0 Å². The highest BCUT2D eigenvalue weighted by Crippen LogP contribution is 2.24. The largest absolute Gasteiger partial charge is 0.338 e. The molecule has 0 radical (unpaired) electrons. The highest BCUT2D eigenvalue weighted by molar-refractivity contribution is 7.99. The number of carbonyl (C=O) groups excluding carboxylic acids is 1. The van der Waals surface area contributed by atoms with Gasteiger partial charge in [0.05, 0.1) is 15.5 Å². The van der Waals surface area contributed by atoms with E-state index in [-0.39, 0.29) is 22.2 Å². The van der Waals surface area contributed by atoms with Crippen LogP contribution in [0.2, 0.25) is 5.02 Å². The Bertz CT molecular complexity index is 502. The van der Waals surface area contributed by atoms with E-state index < -0.39 is 4.92 Å². The van der Waals surface area contributed by atoms with Crippen LogP contribution in [-0.4, -0.2) is 40.3 Å². The molecule has 0 saturated carbocycles. The number of hydrogen-bond acceptors (Lipinski definition) is 4. The first-order chi connectivity index (χ1) is 9.09. The van der Waals surface area contributed by atoms with E-state index in [4.69, 9.17) is 11.6 Å². The number of nitro groups is 1. The van der Waals surface area contributed by atoms with Crippen molar-refractivity contribution in [1.29, 1.82) is 0 Å². The van der Waals surface area contributed by atoms with Crippen LogP contribution in [0.3, 0.4) is 0 Å². The Kier molecular flexibility index (Phi) is 4.66. The second kappa shape index (κ2) is 6.25. The molecular weight excluding hydrogens is 288 g/mol. The fourth-order valence-corrected chi connectivity index (χ4v) is 3.00. The Hall–Kier alpha value is -1.27. The van der Waals surface area contributed by atoms with Crippen molar-refractivity contribution < 1.29 is 9.72 Å². The summed E-state index contributed by atoms with van der Waals surface area (Å²) in [5, 5.41) is 11.0. The molecule has 1 fully saturated rings. The van der Waals surface area contributed by atoms with Crippen molar-refractivity contribution in [2.75, 3.05) is 24.6 Å². The number of non-ortho nitro benzene ring substituents is 1. The molecule has 1 saturated heterocycles. The lowest BCUT2D eigenvalue weighted by Crippen LogP contribution is -2.33. The number of nitro benzene ring substituents is 1. The number of amides is 1. The van der Waals surface area contributed by atoms with Gasteiger partial charge in [-0.25, -0.2) is 0 Å². The maximum absolute atomic E-state index is 12.4. The van der Waals surface area contributed by atoms with Crippen LogP contribution in [0, 0.1) is 10.1 Å². The zero-order valence-corrected chi connectivity index (χ0v) is 11.7. The van der Waals surface area contributed by atoms with Crippen LogP contribution in [0.15, 0.2) is 18.2 Å². The topological polar surface area (TPSA) is 63.4 Å². The number of nitrogens with zero attached hydrogens (tertiary/aromatic N) is 2. The Morgan fingerprint density at radius 3 is 2.89 bits per heavy atom. The standard InChI is InChI=1S/C12H13ClN2O3S/c13-11-3-2-9(15(17)18)8-10(11)12(16)14-4-1-6-19-7-5-14/h2-3,8H,1,4-7H2. The monoisotopic (exact) mass is 300 g/mol. The Morgan fingerprint density at radius 1 is 1.37 bits per heavy atom.